The molecule has 4 aromatic rings. The summed E-state index contributed by atoms with van der Waals surface area (Å²) in [6.07, 6.45) is 0.169. The number of thioether (sulfide) groups is 1. The van der Waals surface area contributed by atoms with Crippen LogP contribution in [-0.2, 0) is 16.1 Å². The highest BCUT2D eigenvalue weighted by Crippen LogP contribution is 2.33. The minimum Gasteiger partial charge on any atom is -0.497 e. The highest BCUT2D eigenvalue weighted by atomic mass is 32.2. The summed E-state index contributed by atoms with van der Waals surface area (Å²) in [7, 11) is 1.63. The molecule has 206 valence electrons. The number of thiophene rings is 1. The lowest BCUT2D eigenvalue weighted by molar-refractivity contribution is -0.115. The van der Waals surface area contributed by atoms with E-state index >= 15 is 0 Å². The van der Waals surface area contributed by atoms with E-state index in [1.54, 1.807) is 21.0 Å². The second-order valence-corrected chi connectivity index (χ2v) is 10.5. The summed E-state index contributed by atoms with van der Waals surface area (Å²) in [5.74, 6) is 1.15. The number of benzene rings is 2. The van der Waals surface area contributed by atoms with Crippen molar-refractivity contribution in [3.8, 4) is 17.5 Å². The Morgan fingerprint density at radius 3 is 2.55 bits per heavy atom. The molecule has 2 N–H and O–H groups in total. The van der Waals surface area contributed by atoms with Gasteiger partial charge in [-0.05, 0) is 55.8 Å². The molecule has 2 aromatic carbocycles. The van der Waals surface area contributed by atoms with Crippen LogP contribution in [0.3, 0.4) is 0 Å². The molecule has 2 heterocycles. The molecule has 0 unspecified atom stereocenters. The molecule has 40 heavy (non-hydrogen) atoms. The molecule has 0 saturated heterocycles. The first-order valence-electron chi connectivity index (χ1n) is 12.5. The van der Waals surface area contributed by atoms with Crippen molar-refractivity contribution in [2.45, 2.75) is 32.0 Å². The van der Waals surface area contributed by atoms with Gasteiger partial charge in [0, 0.05) is 23.5 Å². The second-order valence-electron chi connectivity index (χ2n) is 8.39. The molecule has 0 aliphatic heterocycles. The van der Waals surface area contributed by atoms with Crippen molar-refractivity contribution in [3.05, 3.63) is 76.4 Å². The first kappa shape index (κ1) is 28.7. The number of hydrogen-bond acceptors (Lipinski definition) is 10. The number of esters is 1. The van der Waals surface area contributed by atoms with E-state index in [4.69, 9.17) is 9.47 Å². The van der Waals surface area contributed by atoms with E-state index < -0.39 is 5.97 Å². The predicted octanol–water partition coefficient (Wildman–Crippen LogP) is 5.43. The van der Waals surface area contributed by atoms with Crippen LogP contribution in [0.1, 0.15) is 40.0 Å². The van der Waals surface area contributed by atoms with Crippen molar-refractivity contribution >= 4 is 45.7 Å². The first-order chi connectivity index (χ1) is 19.4. The third-order valence-electron chi connectivity index (χ3n) is 5.79. The summed E-state index contributed by atoms with van der Waals surface area (Å²) in [4.78, 5) is 25.3. The summed E-state index contributed by atoms with van der Waals surface area (Å²) in [6, 6.07) is 19.5. The highest BCUT2D eigenvalue weighted by molar-refractivity contribution is 7.99. The van der Waals surface area contributed by atoms with Gasteiger partial charge in [0.05, 0.1) is 25.8 Å². The molecule has 12 heteroatoms. The fourth-order valence-electron chi connectivity index (χ4n) is 3.79. The van der Waals surface area contributed by atoms with Gasteiger partial charge in [-0.25, -0.2) is 4.79 Å². The van der Waals surface area contributed by atoms with Crippen LogP contribution >= 0.6 is 23.1 Å². The van der Waals surface area contributed by atoms with Gasteiger partial charge in [0.15, 0.2) is 11.0 Å². The lowest BCUT2D eigenvalue weighted by Crippen LogP contribution is -2.12. The zero-order valence-corrected chi connectivity index (χ0v) is 23.9. The number of nitriles is 1. The van der Waals surface area contributed by atoms with Gasteiger partial charge in [0.25, 0.3) is 0 Å². The van der Waals surface area contributed by atoms with Crippen LogP contribution in [0, 0.1) is 18.3 Å². The molecular weight excluding hydrogens is 548 g/mol. The number of para-hydroxylation sites is 1. The summed E-state index contributed by atoms with van der Waals surface area (Å²) in [5.41, 5.74) is 2.60. The fourth-order valence-corrected chi connectivity index (χ4v) is 5.76. The number of carbonyl (C=O) groups excluding carboxylic acids is 2. The van der Waals surface area contributed by atoms with Crippen molar-refractivity contribution in [2.24, 2.45) is 0 Å². The van der Waals surface area contributed by atoms with Crippen LogP contribution in [0.4, 0.5) is 10.7 Å². The Morgan fingerprint density at radius 2 is 1.88 bits per heavy atom. The smallest absolute Gasteiger partial charge is 0.348 e. The summed E-state index contributed by atoms with van der Waals surface area (Å²) in [5, 5.41) is 25.5. The van der Waals surface area contributed by atoms with Crippen LogP contribution in [-0.4, -0.2) is 46.1 Å². The standard InChI is InChI=1S/C28H28N6O4S2/c1-4-38-27(36)25-18(2)22(16-29)26(40-25)31-24(35)14-15-39-28-33-32-23(34(28)20-8-6-5-7-9-20)17-30-19-10-12-21(37-3)13-11-19/h5-13,30H,4,14-15,17H2,1-3H3,(H,31,35). The SMILES string of the molecule is CCOC(=O)c1sc(NC(=O)CCSc2nnc(CNc3ccc(OC)cc3)n2-c2ccccc2)c(C#N)c1C. The van der Waals surface area contributed by atoms with Crippen molar-refractivity contribution in [1.29, 1.82) is 5.26 Å². The van der Waals surface area contributed by atoms with Crippen LogP contribution in [0.15, 0.2) is 59.8 Å². The normalized spacial score (nSPS) is 10.6. The summed E-state index contributed by atoms with van der Waals surface area (Å²) in [6.45, 7) is 4.05. The molecular formula is C28H28N6O4S2. The zero-order valence-electron chi connectivity index (χ0n) is 22.3. The third-order valence-corrected chi connectivity index (χ3v) is 7.91. The third kappa shape index (κ3) is 6.80. The predicted molar refractivity (Wildman–Crippen MR) is 155 cm³/mol. The maximum atomic E-state index is 12.7. The molecule has 0 spiro atoms. The highest BCUT2D eigenvalue weighted by Gasteiger charge is 2.22. The van der Waals surface area contributed by atoms with Gasteiger partial charge in [-0.1, -0.05) is 30.0 Å². The number of ether oxygens (including phenoxy) is 2. The second kappa shape index (κ2) is 13.6. The first-order valence-corrected chi connectivity index (χ1v) is 14.3. The Bertz CT molecular complexity index is 1510. The summed E-state index contributed by atoms with van der Waals surface area (Å²) >= 11 is 2.46. The molecule has 4 rings (SSSR count). The van der Waals surface area contributed by atoms with Gasteiger partial charge in [-0.15, -0.1) is 21.5 Å². The number of nitrogens with zero attached hydrogens (tertiary/aromatic N) is 4. The molecule has 1 amide bonds. The number of methoxy groups -OCH3 is 1. The molecule has 0 atom stereocenters. The van der Waals surface area contributed by atoms with E-state index in [2.05, 4.69) is 26.9 Å². The van der Waals surface area contributed by atoms with Gasteiger partial charge >= 0.3 is 5.97 Å². The Hall–Kier alpha value is -4.34. The van der Waals surface area contributed by atoms with E-state index in [0.29, 0.717) is 38.7 Å². The average molecular weight is 577 g/mol. The average Bonchev–Trinajstić information content (AvgIpc) is 3.52. The molecule has 0 fully saturated rings. The number of amides is 1. The number of hydrogen-bond donors (Lipinski definition) is 2. The van der Waals surface area contributed by atoms with E-state index in [1.165, 1.54) is 11.8 Å². The fraction of sp³-hybridized carbons (Fsp3) is 0.250. The van der Waals surface area contributed by atoms with Gasteiger partial charge in [0.1, 0.15) is 21.7 Å². The number of rotatable bonds is 12. The topological polar surface area (TPSA) is 131 Å². The minimum absolute atomic E-state index is 0.169. The zero-order chi connectivity index (χ0) is 28.5. The van der Waals surface area contributed by atoms with Crippen LogP contribution in [0.25, 0.3) is 5.69 Å². The van der Waals surface area contributed by atoms with Gasteiger partial charge < -0.3 is 20.1 Å². The maximum Gasteiger partial charge on any atom is 0.348 e. The largest absolute Gasteiger partial charge is 0.497 e. The molecule has 0 bridgehead atoms. The molecule has 0 aliphatic rings. The van der Waals surface area contributed by atoms with Gasteiger partial charge in [-0.3, -0.25) is 9.36 Å². The lowest BCUT2D eigenvalue weighted by atomic mass is 10.2. The Balaban J connectivity index is 1.43. The van der Waals surface area contributed by atoms with Crippen LogP contribution < -0.4 is 15.4 Å². The maximum absolute atomic E-state index is 12.7. The van der Waals surface area contributed by atoms with E-state index in [9.17, 15) is 14.9 Å². The van der Waals surface area contributed by atoms with Gasteiger partial charge in [0.2, 0.25) is 5.91 Å². The quantitative estimate of drug-likeness (QED) is 0.167. The lowest BCUT2D eigenvalue weighted by Gasteiger charge is -2.12. The molecule has 0 aliphatic carbocycles. The van der Waals surface area contributed by atoms with Crippen molar-refractivity contribution in [1.82, 2.24) is 14.8 Å². The number of carbonyl (C=O) groups is 2. The molecule has 2 aromatic heterocycles. The van der Waals surface area contributed by atoms with Crippen molar-refractivity contribution in [3.63, 3.8) is 0 Å². The van der Waals surface area contributed by atoms with Gasteiger partial charge in [-0.2, -0.15) is 5.26 Å². The molecule has 0 radical (unpaired) electrons. The Labute approximate surface area is 240 Å². The molecule has 10 nitrogen and oxygen atoms in total. The van der Waals surface area contributed by atoms with E-state index in [0.717, 1.165) is 28.5 Å². The monoisotopic (exact) mass is 576 g/mol. The van der Waals surface area contributed by atoms with E-state index in [-0.39, 0.29) is 24.5 Å². The number of aromatic nitrogens is 3. The van der Waals surface area contributed by atoms with Crippen molar-refractivity contribution in [2.75, 3.05) is 30.1 Å². The number of anilines is 2. The van der Waals surface area contributed by atoms with E-state index in [1.807, 2.05) is 59.2 Å². The van der Waals surface area contributed by atoms with Crippen molar-refractivity contribution < 1.29 is 19.1 Å². The Morgan fingerprint density at radius 1 is 1.12 bits per heavy atom. The minimum atomic E-state index is -0.505. The van der Waals surface area contributed by atoms with Crippen LogP contribution in [0.5, 0.6) is 5.75 Å². The van der Waals surface area contributed by atoms with Crippen LogP contribution in [0.2, 0.25) is 0 Å². The Kier molecular flexibility index (Phi) is 9.77. The summed E-state index contributed by atoms with van der Waals surface area (Å²) < 4.78 is 12.2. The molecule has 0 saturated carbocycles. The number of nitrogens with one attached hydrogen (secondary N) is 2.